The number of piperazine rings is 1. The van der Waals surface area contributed by atoms with Gasteiger partial charge in [-0.05, 0) is 47.2 Å². The molecule has 1 fully saturated rings. The van der Waals surface area contributed by atoms with Crippen LogP contribution >= 0.6 is 0 Å². The summed E-state index contributed by atoms with van der Waals surface area (Å²) in [5.41, 5.74) is 0.586. The second kappa shape index (κ2) is 6.36. The first-order chi connectivity index (χ1) is 8.39. The number of likely N-dealkylation sites (N-methyl/N-ethyl adjacent to an activating group) is 1. The maximum Gasteiger partial charge on any atom is 0.0197 e. The molecule has 0 amide bonds. The highest BCUT2D eigenvalue weighted by molar-refractivity contribution is 4.96. The molecule has 1 aliphatic rings. The summed E-state index contributed by atoms with van der Waals surface area (Å²) in [6.45, 7) is 14.3. The Morgan fingerprint density at radius 1 is 1.00 bits per heavy atom. The van der Waals surface area contributed by atoms with Crippen LogP contribution in [0.3, 0.4) is 0 Å². The molecule has 0 saturated carbocycles. The molecule has 0 aliphatic carbocycles. The van der Waals surface area contributed by atoms with Crippen molar-refractivity contribution in [1.29, 1.82) is 0 Å². The van der Waals surface area contributed by atoms with Gasteiger partial charge in [-0.1, -0.05) is 13.8 Å². The molecule has 1 saturated heterocycles. The van der Waals surface area contributed by atoms with Crippen LogP contribution in [0.2, 0.25) is 0 Å². The van der Waals surface area contributed by atoms with Gasteiger partial charge >= 0.3 is 0 Å². The van der Waals surface area contributed by atoms with Crippen LogP contribution in [-0.2, 0) is 0 Å². The Labute approximate surface area is 114 Å². The molecule has 108 valence electrons. The maximum atomic E-state index is 3.53. The van der Waals surface area contributed by atoms with Crippen molar-refractivity contribution in [3.8, 4) is 0 Å². The van der Waals surface area contributed by atoms with E-state index in [1.165, 1.54) is 45.4 Å². The SMILES string of the molecule is CCC(C)(CC(C)(CC)N1CCN(C)CC1)NC. The van der Waals surface area contributed by atoms with Crippen molar-refractivity contribution in [3.63, 3.8) is 0 Å². The number of nitrogens with zero attached hydrogens (tertiary/aromatic N) is 2. The van der Waals surface area contributed by atoms with E-state index in [0.717, 1.165) is 0 Å². The topological polar surface area (TPSA) is 18.5 Å². The zero-order valence-electron chi connectivity index (χ0n) is 13.3. The monoisotopic (exact) mass is 255 g/mol. The van der Waals surface area contributed by atoms with E-state index in [1.807, 2.05) is 0 Å². The highest BCUT2D eigenvalue weighted by Gasteiger charge is 2.37. The first-order valence-corrected chi connectivity index (χ1v) is 7.51. The molecule has 0 radical (unpaired) electrons. The van der Waals surface area contributed by atoms with Gasteiger partial charge in [-0.2, -0.15) is 0 Å². The quantitative estimate of drug-likeness (QED) is 0.785. The molecular weight excluding hydrogens is 222 g/mol. The lowest BCUT2D eigenvalue weighted by Gasteiger charge is -2.49. The lowest BCUT2D eigenvalue weighted by molar-refractivity contribution is 0.0240. The van der Waals surface area contributed by atoms with Gasteiger partial charge in [0.1, 0.15) is 0 Å². The predicted molar refractivity (Wildman–Crippen MR) is 80.1 cm³/mol. The van der Waals surface area contributed by atoms with Crippen molar-refractivity contribution in [2.24, 2.45) is 0 Å². The highest BCUT2D eigenvalue weighted by Crippen LogP contribution is 2.31. The predicted octanol–water partition coefficient (Wildman–Crippen LogP) is 2.18. The third-order valence-corrected chi connectivity index (χ3v) is 5.18. The van der Waals surface area contributed by atoms with Crippen LogP contribution in [0, 0.1) is 0 Å². The fourth-order valence-corrected chi connectivity index (χ4v) is 3.04. The Morgan fingerprint density at radius 2 is 1.56 bits per heavy atom. The minimum absolute atomic E-state index is 0.258. The lowest BCUT2D eigenvalue weighted by atomic mass is 9.79. The molecule has 0 bridgehead atoms. The highest BCUT2D eigenvalue weighted by atomic mass is 15.3. The number of rotatable bonds is 6. The minimum Gasteiger partial charge on any atom is -0.314 e. The number of hydrogen-bond donors (Lipinski definition) is 1. The van der Waals surface area contributed by atoms with Gasteiger partial charge in [0.05, 0.1) is 0 Å². The molecule has 0 aromatic carbocycles. The zero-order valence-corrected chi connectivity index (χ0v) is 13.3. The van der Waals surface area contributed by atoms with Crippen molar-refractivity contribution >= 4 is 0 Å². The molecular formula is C15H33N3. The van der Waals surface area contributed by atoms with E-state index in [0.29, 0.717) is 5.54 Å². The first kappa shape index (κ1) is 15.9. The van der Waals surface area contributed by atoms with Crippen molar-refractivity contribution < 1.29 is 0 Å². The van der Waals surface area contributed by atoms with E-state index in [2.05, 4.69) is 56.9 Å². The minimum atomic E-state index is 0.258. The Bertz CT molecular complexity index is 242. The van der Waals surface area contributed by atoms with E-state index in [9.17, 15) is 0 Å². The van der Waals surface area contributed by atoms with Crippen LogP contribution in [0.25, 0.3) is 0 Å². The normalized spacial score (nSPS) is 25.7. The standard InChI is InChI=1S/C15H33N3/c1-7-14(3,16-5)13-15(4,8-2)18-11-9-17(6)10-12-18/h16H,7-13H2,1-6H3. The Hall–Kier alpha value is -0.120. The maximum absolute atomic E-state index is 3.53. The fraction of sp³-hybridized carbons (Fsp3) is 1.00. The summed E-state index contributed by atoms with van der Waals surface area (Å²) in [4.78, 5) is 5.14. The van der Waals surface area contributed by atoms with Gasteiger partial charge in [-0.15, -0.1) is 0 Å². The van der Waals surface area contributed by atoms with Crippen molar-refractivity contribution in [3.05, 3.63) is 0 Å². The van der Waals surface area contributed by atoms with E-state index >= 15 is 0 Å². The second-order valence-electron chi connectivity index (χ2n) is 6.48. The van der Waals surface area contributed by atoms with Gasteiger partial charge in [0.2, 0.25) is 0 Å². The Balaban J connectivity index is 2.72. The van der Waals surface area contributed by atoms with Crippen LogP contribution in [0.15, 0.2) is 0 Å². The van der Waals surface area contributed by atoms with Gasteiger partial charge in [0.25, 0.3) is 0 Å². The smallest absolute Gasteiger partial charge is 0.0197 e. The second-order valence-corrected chi connectivity index (χ2v) is 6.48. The zero-order chi connectivity index (χ0) is 13.8. The summed E-state index contributed by atoms with van der Waals surface area (Å²) >= 11 is 0. The molecule has 0 aromatic rings. The summed E-state index contributed by atoms with van der Waals surface area (Å²) in [7, 11) is 4.33. The molecule has 2 atom stereocenters. The molecule has 0 aromatic heterocycles. The third kappa shape index (κ3) is 3.69. The average molecular weight is 255 g/mol. The van der Waals surface area contributed by atoms with Crippen LogP contribution in [0.1, 0.15) is 47.0 Å². The van der Waals surface area contributed by atoms with E-state index in [4.69, 9.17) is 0 Å². The molecule has 0 spiro atoms. The van der Waals surface area contributed by atoms with E-state index in [1.54, 1.807) is 0 Å². The number of hydrogen-bond acceptors (Lipinski definition) is 3. The lowest BCUT2D eigenvalue weighted by Crippen LogP contribution is -2.58. The molecule has 3 nitrogen and oxygen atoms in total. The fourth-order valence-electron chi connectivity index (χ4n) is 3.04. The van der Waals surface area contributed by atoms with Crippen LogP contribution in [0.5, 0.6) is 0 Å². The van der Waals surface area contributed by atoms with Gasteiger partial charge in [-0.3, -0.25) is 4.90 Å². The van der Waals surface area contributed by atoms with Crippen LogP contribution in [-0.4, -0.2) is 61.2 Å². The van der Waals surface area contributed by atoms with Crippen LogP contribution in [0.4, 0.5) is 0 Å². The Morgan fingerprint density at radius 3 is 1.94 bits per heavy atom. The van der Waals surface area contributed by atoms with Crippen molar-refractivity contribution in [2.75, 3.05) is 40.3 Å². The first-order valence-electron chi connectivity index (χ1n) is 7.51. The Kier molecular flexibility index (Phi) is 5.63. The summed E-state index contributed by atoms with van der Waals surface area (Å²) in [5, 5.41) is 3.53. The van der Waals surface area contributed by atoms with Crippen molar-refractivity contribution in [2.45, 2.75) is 58.0 Å². The van der Waals surface area contributed by atoms with Crippen molar-refractivity contribution in [1.82, 2.24) is 15.1 Å². The summed E-state index contributed by atoms with van der Waals surface area (Å²) in [6, 6.07) is 0. The van der Waals surface area contributed by atoms with E-state index in [-0.39, 0.29) is 5.54 Å². The summed E-state index contributed by atoms with van der Waals surface area (Å²) in [6.07, 6.45) is 3.65. The third-order valence-electron chi connectivity index (χ3n) is 5.18. The molecule has 1 heterocycles. The van der Waals surface area contributed by atoms with E-state index < -0.39 is 0 Å². The molecule has 2 unspecified atom stereocenters. The average Bonchev–Trinajstić information content (AvgIpc) is 2.39. The molecule has 18 heavy (non-hydrogen) atoms. The summed E-state index contributed by atoms with van der Waals surface area (Å²) in [5.74, 6) is 0. The molecule has 3 heteroatoms. The van der Waals surface area contributed by atoms with Gasteiger partial charge in [-0.25, -0.2) is 0 Å². The van der Waals surface area contributed by atoms with Gasteiger partial charge < -0.3 is 10.2 Å². The molecule has 1 aliphatic heterocycles. The molecule has 1 N–H and O–H groups in total. The number of nitrogens with one attached hydrogen (secondary N) is 1. The van der Waals surface area contributed by atoms with Crippen LogP contribution < -0.4 is 5.32 Å². The van der Waals surface area contributed by atoms with Gasteiger partial charge in [0, 0.05) is 37.3 Å². The van der Waals surface area contributed by atoms with Gasteiger partial charge in [0.15, 0.2) is 0 Å². The largest absolute Gasteiger partial charge is 0.314 e. The summed E-state index contributed by atoms with van der Waals surface area (Å²) < 4.78 is 0. The molecule has 1 rings (SSSR count).